The first kappa shape index (κ1) is 19.5. The first-order chi connectivity index (χ1) is 11.2. The van der Waals surface area contributed by atoms with E-state index in [1.54, 1.807) is 0 Å². The van der Waals surface area contributed by atoms with Crippen LogP contribution in [-0.2, 0) is 11.2 Å². The second-order valence-electron chi connectivity index (χ2n) is 5.83. The molecule has 5 nitrogen and oxygen atoms in total. The van der Waals surface area contributed by atoms with Crippen LogP contribution >= 0.6 is 0 Å². The molecule has 130 valence electrons. The lowest BCUT2D eigenvalue weighted by Gasteiger charge is -2.21. The van der Waals surface area contributed by atoms with E-state index in [-0.39, 0.29) is 19.4 Å². The van der Waals surface area contributed by atoms with Gasteiger partial charge in [-0.1, -0.05) is 50.1 Å². The fourth-order valence-electron chi connectivity index (χ4n) is 2.47. The van der Waals surface area contributed by atoms with Crippen molar-refractivity contribution in [1.29, 1.82) is 0 Å². The van der Waals surface area contributed by atoms with Crippen molar-refractivity contribution in [2.75, 3.05) is 19.8 Å². The van der Waals surface area contributed by atoms with E-state index >= 15 is 0 Å². The van der Waals surface area contributed by atoms with Gasteiger partial charge in [0.25, 0.3) is 0 Å². The fraction of sp³-hybridized carbons (Fsp3) is 0.611. The first-order valence-electron chi connectivity index (χ1n) is 8.47. The van der Waals surface area contributed by atoms with Crippen LogP contribution in [0.5, 0.6) is 0 Å². The Labute approximate surface area is 139 Å². The number of aliphatic hydroxyl groups is 1. The molecule has 2 unspecified atom stereocenters. The Balaban J connectivity index is 2.39. The molecular weight excluding hydrogens is 292 g/mol. The lowest BCUT2D eigenvalue weighted by Crippen LogP contribution is -2.45. The summed E-state index contributed by atoms with van der Waals surface area (Å²) in [5, 5.41) is 14.7. The third-order valence-corrected chi connectivity index (χ3v) is 3.70. The smallest absolute Gasteiger partial charge is 0.408 e. The molecule has 3 N–H and O–H groups in total. The topological polar surface area (TPSA) is 70.6 Å². The maximum absolute atomic E-state index is 11.4. The predicted octanol–water partition coefficient (Wildman–Crippen LogP) is 2.69. The van der Waals surface area contributed by atoms with E-state index < -0.39 is 6.09 Å². The van der Waals surface area contributed by atoms with Crippen LogP contribution in [-0.4, -0.2) is 37.1 Å². The number of amides is 1. The van der Waals surface area contributed by atoms with Gasteiger partial charge in [-0.25, -0.2) is 4.79 Å². The Morgan fingerprint density at radius 3 is 2.70 bits per heavy atom. The average molecular weight is 322 g/mol. The Morgan fingerprint density at radius 1 is 1.30 bits per heavy atom. The zero-order valence-corrected chi connectivity index (χ0v) is 14.3. The normalized spacial score (nSPS) is 13.3. The number of hydrogen-bond donors (Lipinski definition) is 3. The van der Waals surface area contributed by atoms with Crippen LogP contribution < -0.4 is 10.6 Å². The van der Waals surface area contributed by atoms with Gasteiger partial charge in [0.15, 0.2) is 0 Å². The van der Waals surface area contributed by atoms with E-state index in [2.05, 4.69) is 41.8 Å². The lowest BCUT2D eigenvalue weighted by atomic mass is 9.94. The van der Waals surface area contributed by atoms with E-state index in [1.165, 1.54) is 24.8 Å². The molecule has 1 amide bonds. The van der Waals surface area contributed by atoms with Gasteiger partial charge in [-0.15, -0.1) is 0 Å². The van der Waals surface area contributed by atoms with Crippen LogP contribution in [0.2, 0.25) is 0 Å². The van der Waals surface area contributed by atoms with E-state index in [9.17, 15) is 4.79 Å². The Kier molecular flexibility index (Phi) is 10.1. The van der Waals surface area contributed by atoms with Crippen molar-refractivity contribution in [3.8, 4) is 0 Å². The highest BCUT2D eigenvalue weighted by atomic mass is 16.6. The molecule has 1 aromatic rings. The highest BCUT2D eigenvalue weighted by Crippen LogP contribution is 2.14. The van der Waals surface area contributed by atoms with Gasteiger partial charge in [-0.3, -0.25) is 5.32 Å². The molecular formula is C18H30N2O3. The number of carbonyl (C=O) groups is 1. The molecule has 0 aromatic heterocycles. The SMILES string of the molecule is CCCCC(CNC(C)NC(=O)OCCO)Cc1ccccc1. The quantitative estimate of drug-likeness (QED) is 0.548. The zero-order chi connectivity index (χ0) is 16.9. The largest absolute Gasteiger partial charge is 0.447 e. The third-order valence-electron chi connectivity index (χ3n) is 3.70. The molecule has 0 bridgehead atoms. The highest BCUT2D eigenvalue weighted by Gasteiger charge is 2.13. The minimum Gasteiger partial charge on any atom is -0.447 e. The molecule has 2 atom stereocenters. The average Bonchev–Trinajstić information content (AvgIpc) is 2.56. The summed E-state index contributed by atoms with van der Waals surface area (Å²) in [6.45, 7) is 4.79. The molecule has 1 rings (SSSR count). The zero-order valence-electron chi connectivity index (χ0n) is 14.3. The predicted molar refractivity (Wildman–Crippen MR) is 92.2 cm³/mol. The molecule has 0 aliphatic rings. The number of rotatable bonds is 11. The van der Waals surface area contributed by atoms with Gasteiger partial charge in [0.2, 0.25) is 0 Å². The minimum absolute atomic E-state index is 0.0195. The van der Waals surface area contributed by atoms with Gasteiger partial charge in [0.1, 0.15) is 6.61 Å². The van der Waals surface area contributed by atoms with Crippen LogP contribution in [0, 0.1) is 5.92 Å². The van der Waals surface area contributed by atoms with E-state index in [1.807, 2.05) is 13.0 Å². The van der Waals surface area contributed by atoms with Gasteiger partial charge in [0.05, 0.1) is 12.8 Å². The van der Waals surface area contributed by atoms with Crippen LogP contribution in [0.1, 0.15) is 38.7 Å². The van der Waals surface area contributed by atoms with Crippen LogP contribution in [0.15, 0.2) is 30.3 Å². The number of ether oxygens (including phenoxy) is 1. The summed E-state index contributed by atoms with van der Waals surface area (Å²) < 4.78 is 4.79. The number of alkyl carbamates (subject to hydrolysis) is 1. The summed E-state index contributed by atoms with van der Waals surface area (Å²) in [7, 11) is 0. The molecule has 0 aliphatic heterocycles. The number of nitrogens with one attached hydrogen (secondary N) is 2. The van der Waals surface area contributed by atoms with Crippen molar-refractivity contribution in [1.82, 2.24) is 10.6 Å². The second kappa shape index (κ2) is 11.9. The molecule has 0 fully saturated rings. The number of aliphatic hydroxyl groups excluding tert-OH is 1. The summed E-state index contributed by atoms with van der Waals surface area (Å²) in [5.41, 5.74) is 1.35. The third kappa shape index (κ3) is 9.21. The van der Waals surface area contributed by atoms with Gasteiger partial charge >= 0.3 is 6.09 Å². The molecule has 0 heterocycles. The monoisotopic (exact) mass is 322 g/mol. The van der Waals surface area contributed by atoms with Crippen LogP contribution in [0.4, 0.5) is 4.79 Å². The molecule has 0 aliphatic carbocycles. The summed E-state index contributed by atoms with van der Waals surface area (Å²) in [5.74, 6) is 0.537. The van der Waals surface area contributed by atoms with Gasteiger partial charge in [-0.2, -0.15) is 0 Å². The molecule has 23 heavy (non-hydrogen) atoms. The molecule has 0 saturated carbocycles. The molecule has 0 saturated heterocycles. The number of unbranched alkanes of at least 4 members (excludes halogenated alkanes) is 1. The van der Waals surface area contributed by atoms with Crippen molar-refractivity contribution in [2.45, 2.75) is 45.7 Å². The molecule has 0 spiro atoms. The van der Waals surface area contributed by atoms with Crippen LogP contribution in [0.25, 0.3) is 0 Å². The van der Waals surface area contributed by atoms with Gasteiger partial charge < -0.3 is 15.2 Å². The lowest BCUT2D eigenvalue weighted by molar-refractivity contribution is 0.115. The maximum atomic E-state index is 11.4. The van der Waals surface area contributed by atoms with E-state index in [0.29, 0.717) is 5.92 Å². The molecule has 0 radical (unpaired) electrons. The Bertz CT molecular complexity index is 426. The Morgan fingerprint density at radius 2 is 2.04 bits per heavy atom. The minimum atomic E-state index is -0.507. The standard InChI is InChI=1S/C18H30N2O3/c1-3-4-8-17(13-16-9-6-5-7-10-16)14-19-15(2)20-18(22)23-12-11-21/h5-7,9-10,15,17,19,21H,3-4,8,11-14H2,1-2H3,(H,20,22). The Hall–Kier alpha value is -1.59. The summed E-state index contributed by atoms with van der Waals surface area (Å²) in [4.78, 5) is 11.4. The highest BCUT2D eigenvalue weighted by molar-refractivity contribution is 5.67. The molecule has 5 heteroatoms. The second-order valence-corrected chi connectivity index (χ2v) is 5.83. The number of hydrogen-bond acceptors (Lipinski definition) is 4. The van der Waals surface area contributed by atoms with Gasteiger partial charge in [0, 0.05) is 6.54 Å². The summed E-state index contributed by atoms with van der Waals surface area (Å²) in [6.07, 6.45) is 3.93. The van der Waals surface area contributed by atoms with Gasteiger partial charge in [-0.05, 0) is 31.2 Å². The van der Waals surface area contributed by atoms with E-state index in [4.69, 9.17) is 9.84 Å². The van der Waals surface area contributed by atoms with Crippen molar-refractivity contribution in [2.24, 2.45) is 5.92 Å². The summed E-state index contributed by atoms with van der Waals surface area (Å²) in [6, 6.07) is 10.5. The molecule has 1 aromatic carbocycles. The van der Waals surface area contributed by atoms with Crippen molar-refractivity contribution < 1.29 is 14.6 Å². The van der Waals surface area contributed by atoms with Crippen molar-refractivity contribution in [3.05, 3.63) is 35.9 Å². The maximum Gasteiger partial charge on any atom is 0.408 e. The van der Waals surface area contributed by atoms with Crippen molar-refractivity contribution in [3.63, 3.8) is 0 Å². The first-order valence-corrected chi connectivity index (χ1v) is 8.47. The number of benzene rings is 1. The van der Waals surface area contributed by atoms with Crippen molar-refractivity contribution >= 4 is 6.09 Å². The van der Waals surface area contributed by atoms with Crippen LogP contribution in [0.3, 0.4) is 0 Å². The van der Waals surface area contributed by atoms with E-state index in [0.717, 1.165) is 13.0 Å². The fourth-order valence-corrected chi connectivity index (χ4v) is 2.47. The summed E-state index contributed by atoms with van der Waals surface area (Å²) >= 11 is 0. The number of carbonyl (C=O) groups excluding carboxylic acids is 1.